The number of amides is 2. The van der Waals surface area contributed by atoms with Crippen LogP contribution in [0.3, 0.4) is 0 Å². The van der Waals surface area contributed by atoms with E-state index in [1.807, 2.05) is 61.0 Å². The monoisotopic (exact) mass is 356 g/mol. The number of thioether (sulfide) groups is 1. The Balaban J connectivity index is 1.91. The van der Waals surface area contributed by atoms with Crippen molar-refractivity contribution in [1.29, 1.82) is 0 Å². The molecule has 1 saturated heterocycles. The van der Waals surface area contributed by atoms with E-state index in [1.54, 1.807) is 13.2 Å². The molecule has 1 aromatic carbocycles. The van der Waals surface area contributed by atoms with Crippen LogP contribution in [-0.2, 0) is 4.79 Å². The third-order valence-electron chi connectivity index (χ3n) is 4.27. The summed E-state index contributed by atoms with van der Waals surface area (Å²) >= 11 is 0.999. The molecule has 25 heavy (non-hydrogen) atoms. The molecule has 0 aliphatic carbocycles. The zero-order valence-corrected chi connectivity index (χ0v) is 15.2. The Bertz CT molecular complexity index is 823. The number of aromatic nitrogens is 1. The van der Waals surface area contributed by atoms with E-state index < -0.39 is 0 Å². The Labute approximate surface area is 151 Å². The van der Waals surface area contributed by atoms with Gasteiger partial charge < -0.3 is 9.30 Å². The predicted molar refractivity (Wildman–Crippen MR) is 99.9 cm³/mol. The average molecular weight is 356 g/mol. The number of ether oxygens (including phenoxy) is 1. The van der Waals surface area contributed by atoms with Gasteiger partial charge in [0, 0.05) is 23.6 Å². The number of hydrogen-bond donors (Lipinski definition) is 0. The summed E-state index contributed by atoms with van der Waals surface area (Å²) in [6.45, 7) is 3.85. The number of nitrogens with zero attached hydrogens (tertiary/aromatic N) is 2. The molecule has 130 valence electrons. The second-order valence-corrected chi connectivity index (χ2v) is 6.80. The van der Waals surface area contributed by atoms with E-state index in [0.717, 1.165) is 35.3 Å². The molecule has 2 aromatic rings. The maximum atomic E-state index is 12.6. The van der Waals surface area contributed by atoms with Gasteiger partial charge in [-0.3, -0.25) is 14.5 Å². The Hall–Kier alpha value is -2.47. The largest absolute Gasteiger partial charge is 0.497 e. The van der Waals surface area contributed by atoms with Crippen molar-refractivity contribution in [1.82, 2.24) is 9.47 Å². The number of methoxy groups -OCH3 is 1. The Morgan fingerprint density at radius 2 is 1.92 bits per heavy atom. The third-order valence-corrected chi connectivity index (χ3v) is 5.15. The molecule has 1 atom stereocenters. The van der Waals surface area contributed by atoms with Crippen LogP contribution in [0.4, 0.5) is 4.79 Å². The fourth-order valence-corrected chi connectivity index (χ4v) is 3.58. The number of carbonyl (C=O) groups excluding carboxylic acids is 2. The molecule has 1 fully saturated rings. The smallest absolute Gasteiger partial charge is 0.293 e. The molecule has 2 amide bonds. The minimum absolute atomic E-state index is 0.0910. The Morgan fingerprint density at radius 3 is 2.56 bits per heavy atom. The SMILES string of the molecule is CCC(C)N1C(=O)SC(=Cc2cccn2-c2ccc(OC)cc2)C1=O. The molecule has 0 N–H and O–H groups in total. The molecule has 1 unspecified atom stereocenters. The van der Waals surface area contributed by atoms with Gasteiger partial charge in [0.05, 0.1) is 12.0 Å². The molecular weight excluding hydrogens is 336 g/mol. The van der Waals surface area contributed by atoms with Crippen molar-refractivity contribution in [2.45, 2.75) is 26.3 Å². The Kier molecular flexibility index (Phi) is 4.99. The second-order valence-electron chi connectivity index (χ2n) is 5.81. The van der Waals surface area contributed by atoms with Gasteiger partial charge in [-0.25, -0.2) is 0 Å². The number of carbonyl (C=O) groups is 2. The van der Waals surface area contributed by atoms with Crippen LogP contribution in [0, 0.1) is 0 Å². The fraction of sp³-hybridized carbons (Fsp3) is 0.263. The maximum Gasteiger partial charge on any atom is 0.293 e. The van der Waals surface area contributed by atoms with Crippen LogP contribution >= 0.6 is 11.8 Å². The summed E-state index contributed by atoms with van der Waals surface area (Å²) in [6, 6.07) is 11.4. The van der Waals surface area contributed by atoms with E-state index in [9.17, 15) is 9.59 Å². The van der Waals surface area contributed by atoms with E-state index in [1.165, 1.54) is 4.90 Å². The van der Waals surface area contributed by atoms with E-state index in [2.05, 4.69) is 0 Å². The normalized spacial score (nSPS) is 17.4. The first-order valence-electron chi connectivity index (χ1n) is 8.14. The zero-order chi connectivity index (χ0) is 18.0. The van der Waals surface area contributed by atoms with Gasteiger partial charge in [0.2, 0.25) is 0 Å². The molecule has 2 heterocycles. The van der Waals surface area contributed by atoms with Crippen molar-refractivity contribution in [3.05, 3.63) is 53.2 Å². The lowest BCUT2D eigenvalue weighted by molar-refractivity contribution is -0.124. The van der Waals surface area contributed by atoms with Crippen molar-refractivity contribution < 1.29 is 14.3 Å². The lowest BCUT2D eigenvalue weighted by Gasteiger charge is -2.19. The van der Waals surface area contributed by atoms with Crippen LogP contribution < -0.4 is 4.74 Å². The summed E-state index contributed by atoms with van der Waals surface area (Å²) in [6.07, 6.45) is 4.44. The summed E-state index contributed by atoms with van der Waals surface area (Å²) in [5.74, 6) is 0.568. The van der Waals surface area contributed by atoms with Crippen molar-refractivity contribution >= 4 is 29.0 Å². The van der Waals surface area contributed by atoms with Crippen molar-refractivity contribution in [2.75, 3.05) is 7.11 Å². The second kappa shape index (κ2) is 7.19. The standard InChI is InChI=1S/C19H20N2O3S/c1-4-13(2)21-18(22)17(25-19(21)23)12-15-6-5-11-20(15)14-7-9-16(24-3)10-8-14/h5-13H,4H2,1-3H3. The number of imide groups is 1. The highest BCUT2D eigenvalue weighted by Gasteiger charge is 2.37. The maximum absolute atomic E-state index is 12.6. The van der Waals surface area contributed by atoms with Crippen LogP contribution in [0.15, 0.2) is 47.5 Å². The van der Waals surface area contributed by atoms with Gasteiger partial charge in [0.25, 0.3) is 11.1 Å². The quantitative estimate of drug-likeness (QED) is 0.749. The molecular formula is C19H20N2O3S. The van der Waals surface area contributed by atoms with Crippen LogP contribution in [0.1, 0.15) is 26.0 Å². The molecule has 6 heteroatoms. The topological polar surface area (TPSA) is 51.5 Å². The van der Waals surface area contributed by atoms with Gasteiger partial charge in [-0.15, -0.1) is 0 Å². The molecule has 0 radical (unpaired) electrons. The van der Waals surface area contributed by atoms with Gasteiger partial charge in [-0.05, 0) is 67.6 Å². The van der Waals surface area contributed by atoms with Gasteiger partial charge in [0.1, 0.15) is 5.75 Å². The third kappa shape index (κ3) is 3.35. The average Bonchev–Trinajstić information content (AvgIpc) is 3.19. The minimum atomic E-state index is -0.216. The molecule has 5 nitrogen and oxygen atoms in total. The first-order valence-corrected chi connectivity index (χ1v) is 8.95. The van der Waals surface area contributed by atoms with Crippen LogP contribution in [-0.4, -0.2) is 33.8 Å². The zero-order valence-electron chi connectivity index (χ0n) is 14.4. The number of benzene rings is 1. The van der Waals surface area contributed by atoms with Crippen molar-refractivity contribution in [3.63, 3.8) is 0 Å². The highest BCUT2D eigenvalue weighted by atomic mass is 32.2. The van der Waals surface area contributed by atoms with Crippen LogP contribution in [0.2, 0.25) is 0 Å². The van der Waals surface area contributed by atoms with E-state index >= 15 is 0 Å². The molecule has 0 spiro atoms. The summed E-state index contributed by atoms with van der Waals surface area (Å²) in [7, 11) is 1.63. The first kappa shape index (κ1) is 17.4. The molecule has 1 aromatic heterocycles. The van der Waals surface area contributed by atoms with Gasteiger partial charge in [0.15, 0.2) is 0 Å². The fourth-order valence-electron chi connectivity index (χ4n) is 2.67. The molecule has 3 rings (SSSR count). The molecule has 1 aliphatic rings. The molecule has 0 saturated carbocycles. The van der Waals surface area contributed by atoms with Crippen LogP contribution in [0.5, 0.6) is 5.75 Å². The highest BCUT2D eigenvalue weighted by Crippen LogP contribution is 2.34. The summed E-state index contributed by atoms with van der Waals surface area (Å²) in [4.78, 5) is 26.5. The summed E-state index contributed by atoms with van der Waals surface area (Å²) in [5.41, 5.74) is 1.80. The first-order chi connectivity index (χ1) is 12.0. The van der Waals surface area contributed by atoms with Gasteiger partial charge >= 0.3 is 0 Å². The van der Waals surface area contributed by atoms with Crippen molar-refractivity contribution in [2.24, 2.45) is 0 Å². The minimum Gasteiger partial charge on any atom is -0.497 e. The summed E-state index contributed by atoms with van der Waals surface area (Å²) < 4.78 is 7.15. The van der Waals surface area contributed by atoms with E-state index in [4.69, 9.17) is 4.74 Å². The lowest BCUT2D eigenvalue weighted by atomic mass is 10.2. The molecule has 1 aliphatic heterocycles. The van der Waals surface area contributed by atoms with Gasteiger partial charge in [-0.2, -0.15) is 0 Å². The highest BCUT2D eigenvalue weighted by molar-refractivity contribution is 8.18. The Morgan fingerprint density at radius 1 is 1.20 bits per heavy atom. The summed E-state index contributed by atoms with van der Waals surface area (Å²) in [5, 5.41) is -0.201. The number of rotatable bonds is 5. The van der Waals surface area contributed by atoms with Gasteiger partial charge in [-0.1, -0.05) is 6.92 Å². The molecule has 0 bridgehead atoms. The van der Waals surface area contributed by atoms with Crippen molar-refractivity contribution in [3.8, 4) is 11.4 Å². The van der Waals surface area contributed by atoms with E-state index in [-0.39, 0.29) is 17.2 Å². The predicted octanol–water partition coefficient (Wildman–Crippen LogP) is 4.32. The van der Waals surface area contributed by atoms with Crippen LogP contribution in [0.25, 0.3) is 11.8 Å². The van der Waals surface area contributed by atoms with E-state index in [0.29, 0.717) is 4.91 Å². The number of hydrogen-bond acceptors (Lipinski definition) is 4. The lowest BCUT2D eigenvalue weighted by Crippen LogP contribution is -2.36.